The van der Waals surface area contributed by atoms with E-state index >= 15 is 0 Å². The summed E-state index contributed by atoms with van der Waals surface area (Å²) in [7, 11) is -3.75. The first-order valence-corrected chi connectivity index (χ1v) is 12.9. The first kappa shape index (κ1) is 23.5. The number of ether oxygens (including phenoxy) is 2. The monoisotopic (exact) mass is 473 g/mol. The molecule has 178 valence electrons. The van der Waals surface area contributed by atoms with Gasteiger partial charge in [0, 0.05) is 38.5 Å². The number of fused-ring (bicyclic) bond motifs is 1. The van der Waals surface area contributed by atoms with Gasteiger partial charge >= 0.3 is 0 Å². The maximum atomic E-state index is 12.6. The van der Waals surface area contributed by atoms with Crippen molar-refractivity contribution in [2.24, 2.45) is 0 Å². The lowest BCUT2D eigenvalue weighted by atomic mass is 10.1. The highest BCUT2D eigenvalue weighted by Gasteiger charge is 2.19. The van der Waals surface area contributed by atoms with Crippen LogP contribution in [0.3, 0.4) is 0 Å². The third-order valence-corrected chi connectivity index (χ3v) is 7.25. The van der Waals surface area contributed by atoms with E-state index in [0.29, 0.717) is 31.3 Å². The molecular formula is C24H31N3O5S. The average molecular weight is 474 g/mol. The third kappa shape index (κ3) is 6.69. The molecule has 1 saturated heterocycles. The van der Waals surface area contributed by atoms with E-state index in [1.165, 1.54) is 30.5 Å². The van der Waals surface area contributed by atoms with E-state index in [2.05, 4.69) is 27.1 Å². The van der Waals surface area contributed by atoms with Crippen LogP contribution in [0.2, 0.25) is 0 Å². The van der Waals surface area contributed by atoms with Crippen LogP contribution >= 0.6 is 0 Å². The molecule has 8 nitrogen and oxygen atoms in total. The molecule has 0 atom stereocenters. The highest BCUT2D eigenvalue weighted by molar-refractivity contribution is 7.89. The highest BCUT2D eigenvalue weighted by atomic mass is 32.2. The second-order valence-corrected chi connectivity index (χ2v) is 10.2. The number of nitrogens with zero attached hydrogens (tertiary/aromatic N) is 1. The Bertz CT molecular complexity index is 1050. The van der Waals surface area contributed by atoms with Crippen LogP contribution in [0.25, 0.3) is 0 Å². The van der Waals surface area contributed by atoms with Gasteiger partial charge in [-0.2, -0.15) is 0 Å². The Kier molecular flexibility index (Phi) is 7.85. The Morgan fingerprint density at radius 1 is 0.909 bits per heavy atom. The van der Waals surface area contributed by atoms with Gasteiger partial charge < -0.3 is 14.8 Å². The lowest BCUT2D eigenvalue weighted by molar-refractivity contribution is -0.121. The van der Waals surface area contributed by atoms with Crippen molar-refractivity contribution < 1.29 is 22.7 Å². The van der Waals surface area contributed by atoms with Gasteiger partial charge in [-0.3, -0.25) is 9.69 Å². The van der Waals surface area contributed by atoms with E-state index in [1.54, 1.807) is 6.07 Å². The first-order valence-electron chi connectivity index (χ1n) is 11.5. The van der Waals surface area contributed by atoms with Gasteiger partial charge in [0.2, 0.25) is 15.9 Å². The van der Waals surface area contributed by atoms with Crippen molar-refractivity contribution in [3.63, 3.8) is 0 Å². The van der Waals surface area contributed by atoms with E-state index < -0.39 is 10.0 Å². The van der Waals surface area contributed by atoms with E-state index in [-0.39, 0.29) is 23.8 Å². The summed E-state index contributed by atoms with van der Waals surface area (Å²) in [4.78, 5) is 14.7. The van der Waals surface area contributed by atoms with E-state index in [9.17, 15) is 13.2 Å². The minimum atomic E-state index is -3.75. The number of amides is 1. The Morgan fingerprint density at radius 3 is 2.36 bits per heavy atom. The molecule has 1 fully saturated rings. The van der Waals surface area contributed by atoms with Gasteiger partial charge in [0.1, 0.15) is 0 Å². The molecule has 0 bridgehead atoms. The molecule has 0 unspecified atom stereocenters. The van der Waals surface area contributed by atoms with Gasteiger partial charge in [0.05, 0.1) is 18.1 Å². The number of benzene rings is 2. The van der Waals surface area contributed by atoms with Crippen LogP contribution in [0, 0.1) is 0 Å². The van der Waals surface area contributed by atoms with Crippen molar-refractivity contribution >= 4 is 15.9 Å². The molecule has 33 heavy (non-hydrogen) atoms. The Hall–Kier alpha value is -2.62. The molecule has 2 heterocycles. The topological polar surface area (TPSA) is 97.0 Å². The van der Waals surface area contributed by atoms with Crippen molar-refractivity contribution in [2.75, 3.05) is 32.8 Å². The molecule has 2 aliphatic rings. The van der Waals surface area contributed by atoms with Crippen molar-refractivity contribution in [3.8, 4) is 11.5 Å². The minimum Gasteiger partial charge on any atom is -0.490 e. The van der Waals surface area contributed by atoms with E-state index in [4.69, 9.17) is 9.47 Å². The number of carbonyl (C=O) groups excluding carboxylic acids is 1. The van der Waals surface area contributed by atoms with Crippen LogP contribution < -0.4 is 19.5 Å². The fourth-order valence-electron chi connectivity index (χ4n) is 3.94. The molecule has 0 aromatic heterocycles. The highest BCUT2D eigenvalue weighted by Crippen LogP contribution is 2.31. The number of nitrogens with one attached hydrogen (secondary N) is 2. The minimum absolute atomic E-state index is 0.0113. The number of hydrogen-bond donors (Lipinski definition) is 2. The second kappa shape index (κ2) is 11.0. The molecule has 2 aromatic rings. The summed E-state index contributed by atoms with van der Waals surface area (Å²) in [5.74, 6) is 0.743. The average Bonchev–Trinajstić information content (AvgIpc) is 3.20. The summed E-state index contributed by atoms with van der Waals surface area (Å²) in [6.07, 6.45) is 3.34. The van der Waals surface area contributed by atoms with Gasteiger partial charge in [-0.25, -0.2) is 13.1 Å². The fourth-order valence-corrected chi connectivity index (χ4v) is 4.99. The molecule has 9 heteroatoms. The lowest BCUT2D eigenvalue weighted by Crippen LogP contribution is -2.30. The Labute approximate surface area is 195 Å². The summed E-state index contributed by atoms with van der Waals surface area (Å²) in [5.41, 5.74) is 2.29. The van der Waals surface area contributed by atoms with E-state index in [1.807, 2.05) is 12.1 Å². The first-order chi connectivity index (χ1) is 16.0. The van der Waals surface area contributed by atoms with Crippen molar-refractivity contribution in [3.05, 3.63) is 53.6 Å². The quantitative estimate of drug-likeness (QED) is 0.581. The Balaban J connectivity index is 1.21. The third-order valence-electron chi connectivity index (χ3n) is 5.79. The predicted molar refractivity (Wildman–Crippen MR) is 125 cm³/mol. The summed E-state index contributed by atoms with van der Waals surface area (Å²) >= 11 is 0. The van der Waals surface area contributed by atoms with Crippen molar-refractivity contribution in [1.82, 2.24) is 14.9 Å². The second-order valence-electron chi connectivity index (χ2n) is 8.38. The summed E-state index contributed by atoms with van der Waals surface area (Å²) < 4.78 is 38.7. The number of hydrogen-bond acceptors (Lipinski definition) is 6. The van der Waals surface area contributed by atoms with Gasteiger partial charge in [0.25, 0.3) is 0 Å². The van der Waals surface area contributed by atoms with Gasteiger partial charge in [-0.05, 0) is 49.2 Å². The maximum absolute atomic E-state index is 12.6. The van der Waals surface area contributed by atoms with Gasteiger partial charge in [-0.15, -0.1) is 0 Å². The van der Waals surface area contributed by atoms with Crippen LogP contribution in [-0.4, -0.2) is 52.1 Å². The largest absolute Gasteiger partial charge is 0.490 e. The molecule has 4 rings (SSSR count). The van der Waals surface area contributed by atoms with Crippen LogP contribution in [0.5, 0.6) is 11.5 Å². The fraction of sp³-hybridized carbons (Fsp3) is 0.458. The summed E-state index contributed by atoms with van der Waals surface area (Å²) in [6, 6.07) is 12.8. The molecule has 0 spiro atoms. The molecule has 2 aromatic carbocycles. The number of sulfonamides is 1. The standard InChI is InChI=1S/C24H31N3O5S/c28-24(25-17-19-4-6-20(7-5-19)18-27-12-1-2-13-27)10-11-26-33(29,30)21-8-9-22-23(16-21)32-15-3-14-31-22/h4-9,16,26H,1-3,10-15,17-18H2,(H,25,28). The van der Waals surface area contributed by atoms with Crippen LogP contribution in [-0.2, 0) is 27.9 Å². The summed E-state index contributed by atoms with van der Waals surface area (Å²) in [5, 5.41) is 2.84. The molecular weight excluding hydrogens is 442 g/mol. The zero-order chi connectivity index (χ0) is 23.1. The molecule has 2 N–H and O–H groups in total. The van der Waals surface area contributed by atoms with Crippen molar-refractivity contribution in [1.29, 1.82) is 0 Å². The lowest BCUT2D eigenvalue weighted by Gasteiger charge is -2.14. The van der Waals surface area contributed by atoms with Crippen LogP contribution in [0.15, 0.2) is 47.4 Å². The van der Waals surface area contributed by atoms with Crippen LogP contribution in [0.4, 0.5) is 0 Å². The van der Waals surface area contributed by atoms with Crippen LogP contribution in [0.1, 0.15) is 36.8 Å². The van der Waals surface area contributed by atoms with E-state index in [0.717, 1.165) is 31.6 Å². The SMILES string of the molecule is O=C(CCNS(=O)(=O)c1ccc2c(c1)OCCCO2)NCc1ccc(CN2CCCC2)cc1. The number of likely N-dealkylation sites (tertiary alicyclic amines) is 1. The number of carbonyl (C=O) groups is 1. The normalized spacial score (nSPS) is 16.4. The number of rotatable bonds is 9. The molecule has 2 aliphatic heterocycles. The predicted octanol–water partition coefficient (Wildman–Crippen LogP) is 2.43. The smallest absolute Gasteiger partial charge is 0.240 e. The zero-order valence-electron chi connectivity index (χ0n) is 18.7. The van der Waals surface area contributed by atoms with Crippen molar-refractivity contribution in [2.45, 2.75) is 43.7 Å². The summed E-state index contributed by atoms with van der Waals surface area (Å²) in [6.45, 7) is 4.73. The van der Waals surface area contributed by atoms with Gasteiger partial charge in [0.15, 0.2) is 11.5 Å². The molecule has 0 radical (unpaired) electrons. The maximum Gasteiger partial charge on any atom is 0.240 e. The molecule has 1 amide bonds. The Morgan fingerprint density at radius 2 is 1.61 bits per heavy atom. The molecule has 0 saturated carbocycles. The van der Waals surface area contributed by atoms with Gasteiger partial charge in [-0.1, -0.05) is 24.3 Å². The molecule has 0 aliphatic carbocycles. The zero-order valence-corrected chi connectivity index (χ0v) is 19.5.